The second-order valence-electron chi connectivity index (χ2n) is 5.39. The van der Waals surface area contributed by atoms with Gasteiger partial charge < -0.3 is 4.74 Å². The van der Waals surface area contributed by atoms with Crippen molar-refractivity contribution in [3.63, 3.8) is 0 Å². The highest BCUT2D eigenvalue weighted by Gasteiger charge is 2.14. The zero-order chi connectivity index (χ0) is 18.4. The fourth-order valence-corrected chi connectivity index (χ4v) is 2.67. The summed E-state index contributed by atoms with van der Waals surface area (Å²) in [5, 5.41) is 3.76. The van der Waals surface area contributed by atoms with Crippen molar-refractivity contribution in [2.45, 2.75) is 13.5 Å². The van der Waals surface area contributed by atoms with E-state index in [0.717, 1.165) is 22.8 Å². The van der Waals surface area contributed by atoms with Crippen LogP contribution in [0.4, 0.5) is 0 Å². The lowest BCUT2D eigenvalue weighted by Gasteiger charge is -2.08. The first-order valence-electron chi connectivity index (χ1n) is 7.80. The lowest BCUT2D eigenvalue weighted by molar-refractivity contribution is 0.0848. The molecule has 0 bridgehead atoms. The minimum atomic E-state index is -0.446. The fourth-order valence-electron chi connectivity index (χ4n) is 2.12. The molecule has 0 saturated carbocycles. The summed E-state index contributed by atoms with van der Waals surface area (Å²) in [4.78, 5) is 24.4. The van der Waals surface area contributed by atoms with Crippen molar-refractivity contribution in [1.29, 1.82) is 0 Å². The van der Waals surface area contributed by atoms with E-state index in [2.05, 4.69) is 20.4 Å². The average Bonchev–Trinajstić information content (AvgIpc) is 3.11. The molecule has 132 valence electrons. The monoisotopic (exact) mass is 368 g/mol. The molecule has 2 aromatic carbocycles. The van der Waals surface area contributed by atoms with Crippen molar-refractivity contribution in [2.24, 2.45) is 0 Å². The highest BCUT2D eigenvalue weighted by atomic mass is 32.1. The molecule has 3 rings (SSSR count). The van der Waals surface area contributed by atoms with Gasteiger partial charge in [-0.1, -0.05) is 34.8 Å². The molecule has 2 amide bonds. The molecule has 1 aromatic heterocycles. The third kappa shape index (κ3) is 4.42. The minimum absolute atomic E-state index is 0.360. The first-order valence-corrected chi connectivity index (χ1v) is 8.57. The summed E-state index contributed by atoms with van der Waals surface area (Å²) in [7, 11) is 0. The van der Waals surface area contributed by atoms with E-state index in [-0.39, 0.29) is 0 Å². The number of nitrogens with zero attached hydrogens (tertiary/aromatic N) is 2. The van der Waals surface area contributed by atoms with Crippen LogP contribution >= 0.6 is 11.5 Å². The Morgan fingerprint density at radius 1 is 1.00 bits per heavy atom. The molecular formula is C18H16N4O3S. The first-order chi connectivity index (χ1) is 12.6. The van der Waals surface area contributed by atoms with Crippen LogP contribution in [0.3, 0.4) is 0 Å². The maximum absolute atomic E-state index is 12.1. The van der Waals surface area contributed by atoms with Crippen LogP contribution in [0.2, 0.25) is 0 Å². The van der Waals surface area contributed by atoms with Crippen LogP contribution in [0, 0.1) is 6.92 Å². The Morgan fingerprint density at radius 2 is 1.69 bits per heavy atom. The minimum Gasteiger partial charge on any atom is -0.489 e. The summed E-state index contributed by atoms with van der Waals surface area (Å²) in [5.74, 6) is -0.0763. The quantitative estimate of drug-likeness (QED) is 0.675. The molecule has 0 aliphatic carbocycles. The van der Waals surface area contributed by atoms with Gasteiger partial charge in [0.05, 0.1) is 5.69 Å². The smallest absolute Gasteiger partial charge is 0.283 e. The molecule has 0 spiro atoms. The average molecular weight is 368 g/mol. The molecule has 0 radical (unpaired) electrons. The van der Waals surface area contributed by atoms with Crippen molar-refractivity contribution in [3.05, 3.63) is 76.3 Å². The lowest BCUT2D eigenvalue weighted by atomic mass is 10.1. The molecule has 2 N–H and O–H groups in total. The predicted molar refractivity (Wildman–Crippen MR) is 96.8 cm³/mol. The van der Waals surface area contributed by atoms with Gasteiger partial charge in [0.2, 0.25) is 0 Å². The number of aromatic nitrogens is 2. The summed E-state index contributed by atoms with van der Waals surface area (Å²) in [6.45, 7) is 2.08. The Bertz CT molecular complexity index is 894. The predicted octanol–water partition coefficient (Wildman–Crippen LogP) is 2.50. The summed E-state index contributed by atoms with van der Waals surface area (Å²) in [6.07, 6.45) is 0. The van der Waals surface area contributed by atoms with Crippen LogP contribution in [-0.4, -0.2) is 21.4 Å². The molecule has 26 heavy (non-hydrogen) atoms. The van der Waals surface area contributed by atoms with Crippen molar-refractivity contribution >= 4 is 23.3 Å². The van der Waals surface area contributed by atoms with E-state index in [9.17, 15) is 9.59 Å². The number of carbonyl (C=O) groups is 2. The Kier molecular flexibility index (Phi) is 5.55. The number of hydrogen-bond acceptors (Lipinski definition) is 6. The van der Waals surface area contributed by atoms with Gasteiger partial charge in [-0.05, 0) is 48.3 Å². The molecule has 0 aliphatic heterocycles. The molecule has 3 aromatic rings. The van der Waals surface area contributed by atoms with Crippen LogP contribution in [0.25, 0.3) is 0 Å². The van der Waals surface area contributed by atoms with E-state index in [0.29, 0.717) is 22.7 Å². The van der Waals surface area contributed by atoms with Crippen LogP contribution in [-0.2, 0) is 6.61 Å². The number of amides is 2. The maximum Gasteiger partial charge on any atom is 0.283 e. The van der Waals surface area contributed by atoms with Gasteiger partial charge >= 0.3 is 0 Å². The number of rotatable bonds is 5. The molecule has 0 unspecified atom stereocenters. The van der Waals surface area contributed by atoms with Gasteiger partial charge in [0, 0.05) is 5.56 Å². The van der Waals surface area contributed by atoms with E-state index >= 15 is 0 Å². The number of carbonyl (C=O) groups excluding carboxylic acids is 2. The highest BCUT2D eigenvalue weighted by Crippen LogP contribution is 2.12. The summed E-state index contributed by atoms with van der Waals surface area (Å²) >= 11 is 0.972. The number of hydrogen-bond donors (Lipinski definition) is 2. The van der Waals surface area contributed by atoms with Crippen molar-refractivity contribution < 1.29 is 14.3 Å². The lowest BCUT2D eigenvalue weighted by Crippen LogP contribution is -2.41. The van der Waals surface area contributed by atoms with E-state index < -0.39 is 11.8 Å². The highest BCUT2D eigenvalue weighted by molar-refractivity contribution is 7.07. The number of hydrazine groups is 1. The molecule has 7 nitrogen and oxygen atoms in total. The maximum atomic E-state index is 12.1. The Hall–Kier alpha value is -3.26. The van der Waals surface area contributed by atoms with Crippen LogP contribution in [0.5, 0.6) is 5.75 Å². The van der Waals surface area contributed by atoms with Gasteiger partial charge in [0.25, 0.3) is 11.8 Å². The third-order valence-corrected chi connectivity index (χ3v) is 4.34. The Labute approximate surface area is 154 Å². The molecule has 8 heteroatoms. The first kappa shape index (κ1) is 17.6. The number of nitrogens with one attached hydrogen (secondary N) is 2. The standard InChI is InChI=1S/C18H16N4O3S/c1-12-16(26-22-19-12)18(24)21-20-17(23)14-9-7-13(8-10-14)11-25-15-5-3-2-4-6-15/h2-10H,11H2,1H3,(H,20,23)(H,21,24). The van der Waals surface area contributed by atoms with E-state index in [1.165, 1.54) is 0 Å². The van der Waals surface area contributed by atoms with Gasteiger partial charge in [-0.3, -0.25) is 20.4 Å². The third-order valence-electron chi connectivity index (χ3n) is 3.51. The van der Waals surface area contributed by atoms with E-state index in [1.54, 1.807) is 31.2 Å². The van der Waals surface area contributed by atoms with Gasteiger partial charge in [-0.25, -0.2) is 0 Å². The Morgan fingerprint density at radius 3 is 2.35 bits per heavy atom. The number of benzene rings is 2. The second kappa shape index (κ2) is 8.21. The van der Waals surface area contributed by atoms with Gasteiger partial charge in [-0.2, -0.15) is 0 Å². The van der Waals surface area contributed by atoms with Crippen LogP contribution < -0.4 is 15.6 Å². The van der Waals surface area contributed by atoms with Crippen LogP contribution in [0.15, 0.2) is 54.6 Å². The molecule has 0 saturated heterocycles. The number of para-hydroxylation sites is 1. The Balaban J connectivity index is 1.52. The zero-order valence-electron chi connectivity index (χ0n) is 13.9. The molecule has 1 heterocycles. The summed E-state index contributed by atoms with van der Waals surface area (Å²) in [5.41, 5.74) is 6.60. The van der Waals surface area contributed by atoms with Gasteiger partial charge in [-0.15, -0.1) is 5.10 Å². The molecule has 0 aliphatic rings. The normalized spacial score (nSPS) is 10.2. The number of ether oxygens (including phenoxy) is 1. The zero-order valence-corrected chi connectivity index (χ0v) is 14.7. The van der Waals surface area contributed by atoms with Crippen molar-refractivity contribution in [2.75, 3.05) is 0 Å². The molecular weight excluding hydrogens is 352 g/mol. The summed E-state index contributed by atoms with van der Waals surface area (Å²) < 4.78 is 9.34. The second-order valence-corrected chi connectivity index (χ2v) is 6.15. The van der Waals surface area contributed by atoms with Gasteiger partial charge in [0.1, 0.15) is 17.2 Å². The SMILES string of the molecule is Cc1nnsc1C(=O)NNC(=O)c1ccc(COc2ccccc2)cc1. The van der Waals surface area contributed by atoms with Crippen LogP contribution in [0.1, 0.15) is 31.3 Å². The summed E-state index contributed by atoms with van der Waals surface area (Å²) in [6, 6.07) is 16.4. The van der Waals surface area contributed by atoms with E-state index in [1.807, 2.05) is 30.3 Å². The van der Waals surface area contributed by atoms with E-state index in [4.69, 9.17) is 4.74 Å². The molecule has 0 fully saturated rings. The fraction of sp³-hybridized carbons (Fsp3) is 0.111. The topological polar surface area (TPSA) is 93.2 Å². The molecule has 0 atom stereocenters. The number of aryl methyl sites for hydroxylation is 1. The van der Waals surface area contributed by atoms with Gasteiger partial charge in [0.15, 0.2) is 0 Å². The van der Waals surface area contributed by atoms with Crippen molar-refractivity contribution in [3.8, 4) is 5.75 Å². The largest absolute Gasteiger partial charge is 0.489 e. The van der Waals surface area contributed by atoms with Crippen molar-refractivity contribution in [1.82, 2.24) is 20.4 Å².